The van der Waals surface area contributed by atoms with Crippen molar-refractivity contribution in [3.63, 3.8) is 0 Å². The Hall–Kier alpha value is -3.11. The molecule has 2 N–H and O–H groups in total. The molecule has 0 saturated carbocycles. The number of halogens is 4. The lowest BCUT2D eigenvalue weighted by Crippen LogP contribution is -2.28. The highest BCUT2D eigenvalue weighted by Crippen LogP contribution is 2.34. The first-order valence-corrected chi connectivity index (χ1v) is 10.5. The summed E-state index contributed by atoms with van der Waals surface area (Å²) in [4.78, 5) is 32.9. The van der Waals surface area contributed by atoms with E-state index in [1.54, 1.807) is 30.6 Å². The molecule has 0 aliphatic carbocycles. The Morgan fingerprint density at radius 3 is 2.34 bits per heavy atom. The van der Waals surface area contributed by atoms with Gasteiger partial charge in [0.15, 0.2) is 0 Å². The van der Waals surface area contributed by atoms with Crippen LogP contribution >= 0.6 is 23.4 Å². The van der Waals surface area contributed by atoms with E-state index in [1.807, 2.05) is 0 Å². The van der Waals surface area contributed by atoms with Crippen LogP contribution in [0.15, 0.2) is 72.1 Å². The van der Waals surface area contributed by atoms with Crippen molar-refractivity contribution < 1.29 is 22.8 Å². The van der Waals surface area contributed by atoms with E-state index < -0.39 is 28.9 Å². The number of carbonyl (C=O) groups is 2. The maximum atomic E-state index is 12.8. The average molecular weight is 481 g/mol. The van der Waals surface area contributed by atoms with Gasteiger partial charge in [-0.15, -0.1) is 11.6 Å². The van der Waals surface area contributed by atoms with Gasteiger partial charge < -0.3 is 10.6 Å². The Kier molecular flexibility index (Phi) is 7.70. The fraction of sp³-hybridized carbons (Fsp3) is 0.143. The summed E-state index contributed by atoms with van der Waals surface area (Å²) in [5.41, 5.74) is 0.284. The molecule has 0 aliphatic heterocycles. The van der Waals surface area contributed by atoms with Gasteiger partial charge in [-0.05, 0) is 54.1 Å². The second kappa shape index (κ2) is 10.5. The second-order valence-corrected chi connectivity index (χ2v) is 7.73. The maximum Gasteiger partial charge on any atom is 0.416 e. The quantitative estimate of drug-likeness (QED) is 0.286. The zero-order valence-corrected chi connectivity index (χ0v) is 17.8. The summed E-state index contributed by atoms with van der Waals surface area (Å²) >= 11 is 6.73. The first-order chi connectivity index (χ1) is 15.3. The Bertz CT molecular complexity index is 1080. The molecule has 1 unspecified atom stereocenters. The largest absolute Gasteiger partial charge is 0.416 e. The third-order valence-electron chi connectivity index (χ3n) is 4.14. The van der Waals surface area contributed by atoms with Crippen LogP contribution in [0.2, 0.25) is 0 Å². The summed E-state index contributed by atoms with van der Waals surface area (Å²) in [6.07, 6.45) is 0.147. The molecule has 11 heteroatoms. The van der Waals surface area contributed by atoms with E-state index in [0.29, 0.717) is 10.6 Å². The fourth-order valence-corrected chi connectivity index (χ4v) is 3.81. The molecule has 0 bridgehead atoms. The SMILES string of the molecule is O=C(CCl)NC(Sc1ncccc1C(=O)Nc1ccc(C(F)(F)F)cc1)c1ccncc1. The third-order valence-corrected chi connectivity index (χ3v) is 5.55. The van der Waals surface area contributed by atoms with Crippen molar-refractivity contribution in [3.05, 3.63) is 83.8 Å². The minimum absolute atomic E-state index is 0.191. The summed E-state index contributed by atoms with van der Waals surface area (Å²) in [7, 11) is 0. The number of rotatable bonds is 7. The number of alkyl halides is 4. The van der Waals surface area contributed by atoms with Crippen molar-refractivity contribution in [1.29, 1.82) is 0 Å². The molecular weight excluding hydrogens is 465 g/mol. The lowest BCUT2D eigenvalue weighted by molar-refractivity contribution is -0.137. The molecule has 1 aromatic carbocycles. The summed E-state index contributed by atoms with van der Waals surface area (Å²) < 4.78 is 38.2. The lowest BCUT2D eigenvalue weighted by atomic mass is 10.2. The highest BCUT2D eigenvalue weighted by molar-refractivity contribution is 7.99. The molecule has 32 heavy (non-hydrogen) atoms. The third kappa shape index (κ3) is 6.21. The van der Waals surface area contributed by atoms with Crippen LogP contribution in [0.4, 0.5) is 18.9 Å². The standard InChI is InChI=1S/C21H16ClF3N4O2S/c22-12-17(30)29-19(13-7-10-26-11-8-13)32-20-16(2-1-9-27-20)18(31)28-15-5-3-14(4-6-15)21(23,24)25/h1-11,19H,12H2,(H,28,31)(H,29,30). The number of anilines is 1. The van der Waals surface area contributed by atoms with Crippen LogP contribution < -0.4 is 10.6 Å². The van der Waals surface area contributed by atoms with Crippen molar-refractivity contribution >= 4 is 40.9 Å². The minimum atomic E-state index is -4.47. The molecule has 3 aromatic rings. The molecule has 3 rings (SSSR count). The van der Waals surface area contributed by atoms with E-state index in [-0.39, 0.29) is 17.1 Å². The number of amides is 2. The molecule has 0 aliphatic rings. The molecule has 2 heterocycles. The zero-order valence-electron chi connectivity index (χ0n) is 16.3. The van der Waals surface area contributed by atoms with Crippen molar-refractivity contribution in [1.82, 2.24) is 15.3 Å². The number of nitrogens with one attached hydrogen (secondary N) is 2. The Morgan fingerprint density at radius 2 is 1.72 bits per heavy atom. The van der Waals surface area contributed by atoms with Crippen LogP contribution in [0, 0.1) is 0 Å². The predicted octanol–water partition coefficient (Wildman–Crippen LogP) is 4.89. The van der Waals surface area contributed by atoms with E-state index in [1.165, 1.54) is 24.4 Å². The van der Waals surface area contributed by atoms with Crippen molar-refractivity contribution in [2.45, 2.75) is 16.6 Å². The normalized spacial score (nSPS) is 12.1. The van der Waals surface area contributed by atoms with Gasteiger partial charge in [0.2, 0.25) is 5.91 Å². The fourth-order valence-electron chi connectivity index (χ4n) is 2.61. The molecule has 0 saturated heterocycles. The number of hydrogen-bond donors (Lipinski definition) is 2. The first kappa shape index (κ1) is 23.6. The molecule has 0 radical (unpaired) electrons. The Balaban J connectivity index is 1.82. The van der Waals surface area contributed by atoms with E-state index >= 15 is 0 Å². The number of nitrogens with zero attached hydrogens (tertiary/aromatic N) is 2. The molecular formula is C21H16ClF3N4O2S. The van der Waals surface area contributed by atoms with Crippen LogP contribution in [0.25, 0.3) is 0 Å². The van der Waals surface area contributed by atoms with Gasteiger partial charge in [-0.25, -0.2) is 4.98 Å². The van der Waals surface area contributed by atoms with E-state index in [9.17, 15) is 22.8 Å². The van der Waals surface area contributed by atoms with Gasteiger partial charge in [0.25, 0.3) is 5.91 Å². The van der Waals surface area contributed by atoms with Crippen LogP contribution in [0.3, 0.4) is 0 Å². The number of aromatic nitrogens is 2. The Labute approximate surface area is 190 Å². The van der Waals surface area contributed by atoms with E-state index in [4.69, 9.17) is 11.6 Å². The zero-order chi connectivity index (χ0) is 23.1. The maximum absolute atomic E-state index is 12.8. The summed E-state index contributed by atoms with van der Waals surface area (Å²) in [6.45, 7) is 0. The summed E-state index contributed by atoms with van der Waals surface area (Å²) in [6, 6.07) is 10.6. The van der Waals surface area contributed by atoms with Crippen molar-refractivity contribution in [3.8, 4) is 0 Å². The van der Waals surface area contributed by atoms with Gasteiger partial charge in [-0.3, -0.25) is 14.6 Å². The van der Waals surface area contributed by atoms with Gasteiger partial charge >= 0.3 is 6.18 Å². The molecule has 0 spiro atoms. The molecule has 2 amide bonds. The highest BCUT2D eigenvalue weighted by atomic mass is 35.5. The minimum Gasteiger partial charge on any atom is -0.339 e. The van der Waals surface area contributed by atoms with Gasteiger partial charge in [-0.2, -0.15) is 13.2 Å². The molecule has 2 aromatic heterocycles. The number of hydrogen-bond acceptors (Lipinski definition) is 5. The topological polar surface area (TPSA) is 84.0 Å². The predicted molar refractivity (Wildman–Crippen MR) is 115 cm³/mol. The first-order valence-electron chi connectivity index (χ1n) is 9.13. The van der Waals surface area contributed by atoms with Crippen LogP contribution in [-0.2, 0) is 11.0 Å². The highest BCUT2D eigenvalue weighted by Gasteiger charge is 2.30. The smallest absolute Gasteiger partial charge is 0.339 e. The summed E-state index contributed by atoms with van der Waals surface area (Å²) in [5, 5.41) is 5.03. The van der Waals surface area contributed by atoms with E-state index in [2.05, 4.69) is 20.6 Å². The van der Waals surface area contributed by atoms with Crippen molar-refractivity contribution in [2.24, 2.45) is 0 Å². The van der Waals surface area contributed by atoms with E-state index in [0.717, 1.165) is 23.9 Å². The molecule has 6 nitrogen and oxygen atoms in total. The van der Waals surface area contributed by atoms with Gasteiger partial charge in [0.1, 0.15) is 16.3 Å². The van der Waals surface area contributed by atoms with Crippen LogP contribution in [0.1, 0.15) is 26.9 Å². The van der Waals surface area contributed by atoms with Crippen LogP contribution in [0.5, 0.6) is 0 Å². The number of carbonyl (C=O) groups excluding carboxylic acids is 2. The van der Waals surface area contributed by atoms with Crippen molar-refractivity contribution in [2.75, 3.05) is 11.2 Å². The number of thioether (sulfide) groups is 1. The monoisotopic (exact) mass is 480 g/mol. The molecule has 0 fully saturated rings. The summed E-state index contributed by atoms with van der Waals surface area (Å²) in [5.74, 6) is -1.21. The van der Waals surface area contributed by atoms with Gasteiger partial charge in [0.05, 0.1) is 11.1 Å². The second-order valence-electron chi connectivity index (χ2n) is 6.36. The number of benzene rings is 1. The molecule has 166 valence electrons. The average Bonchev–Trinajstić information content (AvgIpc) is 2.79. The number of pyridine rings is 2. The lowest BCUT2D eigenvalue weighted by Gasteiger charge is -2.19. The Morgan fingerprint density at radius 1 is 1.03 bits per heavy atom. The molecule has 1 atom stereocenters. The van der Waals surface area contributed by atoms with Gasteiger partial charge in [0, 0.05) is 24.3 Å². The van der Waals surface area contributed by atoms with Gasteiger partial charge in [-0.1, -0.05) is 11.8 Å². The van der Waals surface area contributed by atoms with Crippen LogP contribution in [-0.4, -0.2) is 27.7 Å².